The van der Waals surface area contributed by atoms with Gasteiger partial charge in [-0.15, -0.1) is 0 Å². The van der Waals surface area contributed by atoms with Gasteiger partial charge < -0.3 is 0 Å². The second kappa shape index (κ2) is 4.63. The lowest BCUT2D eigenvalue weighted by Gasteiger charge is -2.09. The monoisotopic (exact) mass is 274 g/mol. The Labute approximate surface area is 120 Å². The highest BCUT2D eigenvalue weighted by molar-refractivity contribution is 6.10. The van der Waals surface area contributed by atoms with Crippen molar-refractivity contribution in [3.8, 4) is 11.3 Å². The van der Waals surface area contributed by atoms with E-state index in [1.807, 2.05) is 42.6 Å². The molecule has 0 radical (unpaired) electrons. The van der Waals surface area contributed by atoms with Crippen molar-refractivity contribution < 1.29 is 4.39 Å². The van der Waals surface area contributed by atoms with Gasteiger partial charge in [0.2, 0.25) is 0 Å². The lowest BCUT2D eigenvalue weighted by molar-refractivity contribution is 0.629. The van der Waals surface area contributed by atoms with E-state index in [1.165, 1.54) is 12.1 Å². The first-order valence-corrected chi connectivity index (χ1v) is 6.71. The quantitative estimate of drug-likeness (QED) is 0.474. The molecule has 4 aromatic rings. The Morgan fingerprint density at radius 2 is 1.67 bits per heavy atom. The number of rotatable bonds is 1. The summed E-state index contributed by atoms with van der Waals surface area (Å²) in [6.45, 7) is 0. The van der Waals surface area contributed by atoms with Crippen LogP contribution in [0.3, 0.4) is 0 Å². The summed E-state index contributed by atoms with van der Waals surface area (Å²) in [5, 5.41) is 2.93. The number of hydrogen-bond donors (Lipinski definition) is 0. The zero-order valence-corrected chi connectivity index (χ0v) is 11.1. The summed E-state index contributed by atoms with van der Waals surface area (Å²) < 4.78 is 13.5. The highest BCUT2D eigenvalue weighted by Gasteiger charge is 2.10. The van der Waals surface area contributed by atoms with Crippen LogP contribution < -0.4 is 0 Å². The molecule has 0 aliphatic carbocycles. The van der Waals surface area contributed by atoms with Crippen LogP contribution in [-0.4, -0.2) is 9.97 Å². The summed E-state index contributed by atoms with van der Waals surface area (Å²) in [7, 11) is 0. The molecule has 0 unspecified atom stereocenters. The molecule has 0 spiro atoms. The maximum Gasteiger partial charge on any atom is 0.125 e. The number of pyridine rings is 2. The van der Waals surface area contributed by atoms with E-state index in [-0.39, 0.29) is 5.82 Å². The van der Waals surface area contributed by atoms with Gasteiger partial charge in [-0.1, -0.05) is 30.3 Å². The lowest BCUT2D eigenvalue weighted by atomic mass is 10.0. The molecule has 0 saturated heterocycles. The molecule has 21 heavy (non-hydrogen) atoms. The summed E-state index contributed by atoms with van der Waals surface area (Å²) in [4.78, 5) is 8.87. The molecule has 2 aromatic carbocycles. The van der Waals surface area contributed by atoms with E-state index in [9.17, 15) is 4.39 Å². The van der Waals surface area contributed by atoms with Gasteiger partial charge in [0.05, 0.1) is 11.2 Å². The van der Waals surface area contributed by atoms with E-state index in [4.69, 9.17) is 0 Å². The number of benzene rings is 2. The summed E-state index contributed by atoms with van der Waals surface area (Å²) in [5.74, 6) is -0.280. The molecule has 0 atom stereocenters. The highest BCUT2D eigenvalue weighted by atomic mass is 19.1. The van der Waals surface area contributed by atoms with Crippen molar-refractivity contribution in [3.63, 3.8) is 0 Å². The maximum absolute atomic E-state index is 13.5. The minimum Gasteiger partial charge on any atom is -0.264 e. The Kier molecular flexibility index (Phi) is 2.64. The zero-order valence-electron chi connectivity index (χ0n) is 11.1. The number of hydrogen-bond acceptors (Lipinski definition) is 2. The Bertz CT molecular complexity index is 949. The van der Waals surface area contributed by atoms with Crippen molar-refractivity contribution in [3.05, 3.63) is 72.8 Å². The van der Waals surface area contributed by atoms with Crippen LogP contribution in [0.1, 0.15) is 0 Å². The van der Waals surface area contributed by atoms with Crippen molar-refractivity contribution in [2.45, 2.75) is 0 Å². The van der Waals surface area contributed by atoms with Crippen LogP contribution in [-0.2, 0) is 0 Å². The Balaban J connectivity index is 2.18. The predicted molar refractivity (Wildman–Crippen MR) is 82.4 cm³/mol. The largest absolute Gasteiger partial charge is 0.264 e. The fraction of sp³-hybridized carbons (Fsp3) is 0. The standard InChI is InChI=1S/C18H11FN2/c19-13-6-7-14-16-11-20-9-8-15(16)18(21-17(14)10-13)12-4-2-1-3-5-12/h1-11H. The number of fused-ring (bicyclic) bond motifs is 3. The summed E-state index contributed by atoms with van der Waals surface area (Å²) in [6, 6.07) is 16.6. The van der Waals surface area contributed by atoms with Crippen LogP contribution in [0.2, 0.25) is 0 Å². The van der Waals surface area contributed by atoms with Crippen molar-refractivity contribution in [1.82, 2.24) is 9.97 Å². The number of nitrogens with zero attached hydrogens (tertiary/aromatic N) is 2. The molecular weight excluding hydrogens is 263 g/mol. The molecule has 0 aliphatic heterocycles. The van der Waals surface area contributed by atoms with Gasteiger partial charge in [-0.05, 0) is 18.2 Å². The molecule has 2 nitrogen and oxygen atoms in total. The van der Waals surface area contributed by atoms with Crippen molar-refractivity contribution >= 4 is 21.7 Å². The molecule has 0 saturated carbocycles. The third-order valence-corrected chi connectivity index (χ3v) is 3.61. The molecule has 0 N–H and O–H groups in total. The van der Waals surface area contributed by atoms with E-state index in [0.29, 0.717) is 5.52 Å². The van der Waals surface area contributed by atoms with Gasteiger partial charge in [-0.25, -0.2) is 9.37 Å². The molecule has 0 fully saturated rings. The molecule has 0 bridgehead atoms. The average molecular weight is 274 g/mol. The van der Waals surface area contributed by atoms with Crippen LogP contribution in [0.25, 0.3) is 32.9 Å². The zero-order chi connectivity index (χ0) is 14.2. The third-order valence-electron chi connectivity index (χ3n) is 3.61. The lowest BCUT2D eigenvalue weighted by Crippen LogP contribution is -1.91. The van der Waals surface area contributed by atoms with Crippen LogP contribution in [0.5, 0.6) is 0 Å². The summed E-state index contributed by atoms with van der Waals surface area (Å²) >= 11 is 0. The van der Waals surface area contributed by atoms with Gasteiger partial charge in [0.1, 0.15) is 5.82 Å². The van der Waals surface area contributed by atoms with Gasteiger partial charge >= 0.3 is 0 Å². The molecule has 0 aliphatic rings. The highest BCUT2D eigenvalue weighted by Crippen LogP contribution is 2.31. The average Bonchev–Trinajstić information content (AvgIpc) is 2.54. The second-order valence-electron chi connectivity index (χ2n) is 4.91. The Morgan fingerprint density at radius 1 is 0.810 bits per heavy atom. The first kappa shape index (κ1) is 12.0. The van der Waals surface area contributed by atoms with Crippen molar-refractivity contribution in [2.24, 2.45) is 0 Å². The molecule has 0 amide bonds. The molecule has 2 heterocycles. The summed E-state index contributed by atoms with van der Waals surface area (Å²) in [6.07, 6.45) is 3.56. The normalized spacial score (nSPS) is 11.1. The molecule has 2 aromatic heterocycles. The molecule has 100 valence electrons. The van der Waals surface area contributed by atoms with Crippen molar-refractivity contribution in [2.75, 3.05) is 0 Å². The fourth-order valence-corrected chi connectivity index (χ4v) is 2.64. The van der Waals surface area contributed by atoms with E-state index in [0.717, 1.165) is 27.4 Å². The van der Waals surface area contributed by atoms with Crippen LogP contribution >= 0.6 is 0 Å². The topological polar surface area (TPSA) is 25.8 Å². The van der Waals surface area contributed by atoms with Crippen LogP contribution in [0.4, 0.5) is 4.39 Å². The number of halogens is 1. The van der Waals surface area contributed by atoms with E-state index >= 15 is 0 Å². The SMILES string of the molecule is Fc1ccc2c(c1)nc(-c1ccccc1)c1ccncc12. The van der Waals surface area contributed by atoms with Crippen LogP contribution in [0, 0.1) is 5.82 Å². The molecule has 4 rings (SSSR count). The minimum atomic E-state index is -0.280. The minimum absolute atomic E-state index is 0.280. The van der Waals surface area contributed by atoms with E-state index in [2.05, 4.69) is 9.97 Å². The van der Waals surface area contributed by atoms with Gasteiger partial charge in [-0.2, -0.15) is 0 Å². The predicted octanol–water partition coefficient (Wildman–Crippen LogP) is 4.59. The summed E-state index contributed by atoms with van der Waals surface area (Å²) in [5.41, 5.74) is 2.51. The molecule has 3 heteroatoms. The van der Waals surface area contributed by atoms with Crippen LogP contribution in [0.15, 0.2) is 67.0 Å². The van der Waals surface area contributed by atoms with Crippen molar-refractivity contribution in [1.29, 1.82) is 0 Å². The first-order valence-electron chi connectivity index (χ1n) is 6.71. The Hall–Kier alpha value is -2.81. The Morgan fingerprint density at radius 3 is 2.52 bits per heavy atom. The maximum atomic E-state index is 13.5. The van der Waals surface area contributed by atoms with E-state index in [1.54, 1.807) is 12.3 Å². The van der Waals surface area contributed by atoms with E-state index < -0.39 is 0 Å². The third kappa shape index (κ3) is 1.94. The smallest absolute Gasteiger partial charge is 0.125 e. The first-order chi connectivity index (χ1) is 10.3. The molecular formula is C18H11FN2. The second-order valence-corrected chi connectivity index (χ2v) is 4.91. The van der Waals surface area contributed by atoms with Gasteiger partial charge in [0, 0.05) is 40.2 Å². The van der Waals surface area contributed by atoms with Gasteiger partial charge in [-0.3, -0.25) is 4.98 Å². The van der Waals surface area contributed by atoms with Gasteiger partial charge in [0.25, 0.3) is 0 Å². The fourth-order valence-electron chi connectivity index (χ4n) is 2.64. The number of aromatic nitrogens is 2. The van der Waals surface area contributed by atoms with Gasteiger partial charge in [0.15, 0.2) is 0 Å².